The minimum atomic E-state index is -3.68. The van der Waals surface area contributed by atoms with E-state index in [1.165, 1.54) is 12.3 Å². The molecule has 21 heavy (non-hydrogen) atoms. The van der Waals surface area contributed by atoms with Crippen LogP contribution in [0.15, 0.2) is 42.6 Å². The van der Waals surface area contributed by atoms with Gasteiger partial charge >= 0.3 is 5.97 Å². The second-order valence-electron chi connectivity index (χ2n) is 4.23. The lowest BCUT2D eigenvalue weighted by atomic mass is 10.2. The van der Waals surface area contributed by atoms with Gasteiger partial charge in [-0.15, -0.1) is 0 Å². The summed E-state index contributed by atoms with van der Waals surface area (Å²) < 4.78 is 26.4. The number of hydrogen-bond acceptors (Lipinski definition) is 4. The van der Waals surface area contributed by atoms with Gasteiger partial charge in [0.25, 0.3) is 0 Å². The monoisotopic (exact) mass is 326 g/mol. The van der Waals surface area contributed by atoms with Crippen LogP contribution in [0.1, 0.15) is 16.1 Å². The van der Waals surface area contributed by atoms with Crippen LogP contribution in [0.5, 0.6) is 0 Å². The molecule has 0 unspecified atom stereocenters. The highest BCUT2D eigenvalue weighted by Gasteiger charge is 2.13. The van der Waals surface area contributed by atoms with Gasteiger partial charge in [-0.1, -0.05) is 23.7 Å². The largest absolute Gasteiger partial charge is 0.477 e. The highest BCUT2D eigenvalue weighted by atomic mass is 35.5. The predicted molar refractivity (Wildman–Crippen MR) is 78.9 cm³/mol. The quantitative estimate of drug-likeness (QED) is 0.879. The average molecular weight is 327 g/mol. The van der Waals surface area contributed by atoms with Crippen LogP contribution in [0.4, 0.5) is 5.69 Å². The number of rotatable bonds is 5. The Balaban J connectivity index is 2.18. The summed E-state index contributed by atoms with van der Waals surface area (Å²) in [4.78, 5) is 14.4. The van der Waals surface area contributed by atoms with E-state index in [4.69, 9.17) is 16.7 Å². The Bertz CT molecular complexity index is 777. The van der Waals surface area contributed by atoms with Crippen LogP contribution in [0.3, 0.4) is 0 Å². The average Bonchev–Trinajstić information content (AvgIpc) is 2.37. The van der Waals surface area contributed by atoms with Crippen LogP contribution in [-0.4, -0.2) is 24.5 Å². The van der Waals surface area contributed by atoms with Crippen molar-refractivity contribution in [1.29, 1.82) is 0 Å². The lowest BCUT2D eigenvalue weighted by Gasteiger charge is -2.08. The number of carboxylic acid groups (broad SMARTS) is 1. The third kappa shape index (κ3) is 4.44. The third-order valence-electron chi connectivity index (χ3n) is 2.50. The zero-order chi connectivity index (χ0) is 15.5. The van der Waals surface area contributed by atoms with Crippen molar-refractivity contribution >= 4 is 33.3 Å². The van der Waals surface area contributed by atoms with Gasteiger partial charge in [-0.3, -0.25) is 4.72 Å². The number of carboxylic acids is 1. The Morgan fingerprint density at radius 2 is 2.05 bits per heavy atom. The van der Waals surface area contributed by atoms with E-state index in [9.17, 15) is 13.2 Å². The van der Waals surface area contributed by atoms with Gasteiger partial charge < -0.3 is 5.11 Å². The molecule has 0 spiro atoms. The van der Waals surface area contributed by atoms with Gasteiger partial charge in [0.2, 0.25) is 10.0 Å². The maximum absolute atomic E-state index is 12.0. The van der Waals surface area contributed by atoms with Gasteiger partial charge in [0.05, 0.1) is 11.4 Å². The summed E-state index contributed by atoms with van der Waals surface area (Å²) in [6, 6.07) is 9.02. The predicted octanol–water partition coefficient (Wildman–Crippen LogP) is 2.38. The molecule has 0 fully saturated rings. The maximum atomic E-state index is 12.0. The molecule has 0 radical (unpaired) electrons. The molecule has 110 valence electrons. The van der Waals surface area contributed by atoms with Gasteiger partial charge in [-0.05, 0) is 29.8 Å². The first kappa shape index (κ1) is 15.3. The number of aromatic carboxylic acids is 1. The fraction of sp³-hybridized carbons (Fsp3) is 0.0769. The van der Waals surface area contributed by atoms with Crippen molar-refractivity contribution in [2.24, 2.45) is 0 Å². The third-order valence-corrected chi connectivity index (χ3v) is 3.99. The topological polar surface area (TPSA) is 96.4 Å². The van der Waals surface area contributed by atoms with Gasteiger partial charge in [0.15, 0.2) is 0 Å². The molecule has 1 aromatic carbocycles. The van der Waals surface area contributed by atoms with Crippen molar-refractivity contribution in [3.63, 3.8) is 0 Å². The standard InChI is InChI=1S/C13H11ClN2O4S/c14-10-3-1-2-9(6-10)8-21(19,20)16-11-4-5-15-12(7-11)13(17)18/h1-7H,8H2,(H,15,16)(H,17,18). The fourth-order valence-electron chi connectivity index (χ4n) is 1.67. The molecule has 0 amide bonds. The van der Waals surface area contributed by atoms with Crippen molar-refractivity contribution < 1.29 is 18.3 Å². The lowest BCUT2D eigenvalue weighted by molar-refractivity contribution is 0.0690. The van der Waals surface area contributed by atoms with Crippen LogP contribution < -0.4 is 4.72 Å². The molecule has 0 bridgehead atoms. The number of benzene rings is 1. The number of halogens is 1. The lowest BCUT2D eigenvalue weighted by Crippen LogP contribution is -2.15. The minimum Gasteiger partial charge on any atom is -0.477 e. The van der Waals surface area contributed by atoms with Gasteiger partial charge in [-0.25, -0.2) is 18.2 Å². The van der Waals surface area contributed by atoms with E-state index in [2.05, 4.69) is 9.71 Å². The van der Waals surface area contributed by atoms with Gasteiger partial charge in [0.1, 0.15) is 5.69 Å². The zero-order valence-electron chi connectivity index (χ0n) is 10.7. The molecular formula is C13H11ClN2O4S. The molecule has 0 aliphatic carbocycles. The molecular weight excluding hydrogens is 316 g/mol. The molecule has 2 rings (SSSR count). The Labute approximate surface area is 126 Å². The first-order valence-corrected chi connectivity index (χ1v) is 7.83. The molecule has 2 N–H and O–H groups in total. The van der Waals surface area contributed by atoms with E-state index in [-0.39, 0.29) is 17.1 Å². The summed E-state index contributed by atoms with van der Waals surface area (Å²) >= 11 is 5.80. The SMILES string of the molecule is O=C(O)c1cc(NS(=O)(=O)Cc2cccc(Cl)c2)ccn1. The number of pyridine rings is 1. The molecule has 1 aromatic heterocycles. The summed E-state index contributed by atoms with van der Waals surface area (Å²) in [7, 11) is -3.68. The Kier molecular flexibility index (Phi) is 4.44. The smallest absolute Gasteiger partial charge is 0.354 e. The summed E-state index contributed by atoms with van der Waals surface area (Å²) in [6.45, 7) is 0. The van der Waals surface area contributed by atoms with Crippen LogP contribution in [0.25, 0.3) is 0 Å². The summed E-state index contributed by atoms with van der Waals surface area (Å²) in [5.41, 5.74) is 0.435. The highest BCUT2D eigenvalue weighted by molar-refractivity contribution is 7.91. The van der Waals surface area contributed by atoms with Gasteiger partial charge in [0, 0.05) is 11.2 Å². The van der Waals surface area contributed by atoms with E-state index < -0.39 is 16.0 Å². The Hall–Kier alpha value is -2.12. The van der Waals surface area contributed by atoms with Gasteiger partial charge in [-0.2, -0.15) is 0 Å². The normalized spacial score (nSPS) is 11.1. The van der Waals surface area contributed by atoms with Crippen LogP contribution >= 0.6 is 11.6 Å². The molecule has 0 atom stereocenters. The van der Waals surface area contributed by atoms with E-state index >= 15 is 0 Å². The number of nitrogens with one attached hydrogen (secondary N) is 1. The van der Waals surface area contributed by atoms with E-state index in [1.54, 1.807) is 24.3 Å². The number of sulfonamides is 1. The summed E-state index contributed by atoms with van der Waals surface area (Å²) in [5, 5.41) is 9.26. The second kappa shape index (κ2) is 6.11. The molecule has 1 heterocycles. The molecule has 0 aliphatic rings. The van der Waals surface area contributed by atoms with E-state index in [1.807, 2.05) is 0 Å². The van der Waals surface area contributed by atoms with Crippen LogP contribution in [0, 0.1) is 0 Å². The summed E-state index contributed by atoms with van der Waals surface area (Å²) in [6.07, 6.45) is 1.22. The van der Waals surface area contributed by atoms with Crippen LogP contribution in [0.2, 0.25) is 5.02 Å². The number of carbonyl (C=O) groups is 1. The number of hydrogen-bond donors (Lipinski definition) is 2. The van der Waals surface area contributed by atoms with E-state index in [0.29, 0.717) is 10.6 Å². The highest BCUT2D eigenvalue weighted by Crippen LogP contribution is 2.16. The molecule has 8 heteroatoms. The van der Waals surface area contributed by atoms with Crippen molar-refractivity contribution in [2.45, 2.75) is 5.75 Å². The maximum Gasteiger partial charge on any atom is 0.354 e. The zero-order valence-corrected chi connectivity index (χ0v) is 12.2. The second-order valence-corrected chi connectivity index (χ2v) is 6.38. The number of anilines is 1. The van der Waals surface area contributed by atoms with E-state index in [0.717, 1.165) is 6.07 Å². The first-order valence-electron chi connectivity index (χ1n) is 5.80. The van der Waals surface area contributed by atoms with Crippen LogP contribution in [-0.2, 0) is 15.8 Å². The molecule has 6 nitrogen and oxygen atoms in total. The molecule has 0 saturated heterocycles. The number of aromatic nitrogens is 1. The van der Waals surface area contributed by atoms with Crippen molar-refractivity contribution in [1.82, 2.24) is 4.98 Å². The van der Waals surface area contributed by atoms with Crippen molar-refractivity contribution in [3.05, 3.63) is 58.9 Å². The van der Waals surface area contributed by atoms with Crippen molar-refractivity contribution in [3.8, 4) is 0 Å². The summed E-state index contributed by atoms with van der Waals surface area (Å²) in [5.74, 6) is -1.50. The van der Waals surface area contributed by atoms with Crippen molar-refractivity contribution in [2.75, 3.05) is 4.72 Å². The first-order chi connectivity index (χ1) is 9.85. The molecule has 2 aromatic rings. The molecule has 0 aliphatic heterocycles. The Morgan fingerprint density at radius 3 is 2.71 bits per heavy atom. The minimum absolute atomic E-state index is 0.143. The Morgan fingerprint density at radius 1 is 1.29 bits per heavy atom. The fourth-order valence-corrected chi connectivity index (χ4v) is 3.06. The molecule has 0 saturated carbocycles. The number of nitrogens with zero attached hydrogens (tertiary/aromatic N) is 1.